The molecule has 0 aliphatic rings. The van der Waals surface area contributed by atoms with Gasteiger partial charge in [0.2, 0.25) is 0 Å². The lowest BCUT2D eigenvalue weighted by molar-refractivity contribution is 0.153. The van der Waals surface area contributed by atoms with Gasteiger partial charge in [-0.3, -0.25) is 10.6 Å². The molecule has 0 bridgehead atoms. The summed E-state index contributed by atoms with van der Waals surface area (Å²) in [7, 11) is 0. The van der Waals surface area contributed by atoms with Gasteiger partial charge in [0.1, 0.15) is 5.66 Å². The fraction of sp³-hybridized carbons (Fsp3) is 0.714. The molecule has 4 N–H and O–H groups in total. The molecule has 0 saturated carbocycles. The quantitative estimate of drug-likeness (QED) is 0.498. The van der Waals surface area contributed by atoms with Gasteiger partial charge in [-0.1, -0.05) is 13.3 Å². The second-order valence-electron chi connectivity index (χ2n) is 2.94. The highest BCUT2D eigenvalue weighted by Crippen LogP contribution is 2.07. The summed E-state index contributed by atoms with van der Waals surface area (Å²) in [4.78, 5) is 20.7. The van der Waals surface area contributed by atoms with Crippen LogP contribution in [0.2, 0.25) is 0 Å². The summed E-state index contributed by atoms with van der Waals surface area (Å²) in [6.07, 6.45) is -1.41. The molecule has 0 unspecified atom stereocenters. The molecule has 0 aliphatic carbocycles. The van der Waals surface area contributed by atoms with E-state index in [2.05, 4.69) is 10.6 Å². The van der Waals surface area contributed by atoms with Gasteiger partial charge in [-0.25, -0.2) is 9.59 Å². The zero-order valence-corrected chi connectivity index (χ0v) is 7.63. The average molecular weight is 190 g/mol. The molecule has 0 aromatic carbocycles. The molecule has 0 radical (unpaired) electrons. The summed E-state index contributed by atoms with van der Waals surface area (Å²) in [5.74, 6) is 0. The van der Waals surface area contributed by atoms with Gasteiger partial charge < -0.3 is 10.2 Å². The molecule has 2 amide bonds. The number of hydrogen-bond donors (Lipinski definition) is 4. The zero-order valence-electron chi connectivity index (χ0n) is 7.63. The van der Waals surface area contributed by atoms with Crippen molar-refractivity contribution in [3.05, 3.63) is 0 Å². The van der Waals surface area contributed by atoms with Crippen molar-refractivity contribution in [3.8, 4) is 0 Å². The summed E-state index contributed by atoms with van der Waals surface area (Å²) in [5, 5.41) is 21.1. The number of nitrogens with one attached hydrogen (secondary N) is 2. The van der Waals surface area contributed by atoms with Crippen LogP contribution >= 0.6 is 0 Å². The fourth-order valence-corrected chi connectivity index (χ4v) is 1.13. The molecule has 0 rings (SSSR count). The average Bonchev–Trinajstić information content (AvgIpc) is 1.81. The predicted octanol–water partition coefficient (Wildman–Crippen LogP) is 1.04. The van der Waals surface area contributed by atoms with Gasteiger partial charge in [0.25, 0.3) is 0 Å². The van der Waals surface area contributed by atoms with E-state index in [1.165, 1.54) is 6.92 Å². The molecule has 13 heavy (non-hydrogen) atoms. The Morgan fingerprint density at radius 1 is 1.23 bits per heavy atom. The highest BCUT2D eigenvalue weighted by molar-refractivity contribution is 5.69. The topological polar surface area (TPSA) is 98.7 Å². The van der Waals surface area contributed by atoms with Crippen molar-refractivity contribution in [2.45, 2.75) is 32.4 Å². The summed E-state index contributed by atoms with van der Waals surface area (Å²) in [6.45, 7) is 3.32. The standard InChI is InChI=1S/C7H14N2O4/c1-3-4-7(2,8-5(10)11)9-6(12)13/h8-9H,3-4H2,1-2H3,(H,10,11)(H,12,13). The van der Waals surface area contributed by atoms with Gasteiger partial charge in [0, 0.05) is 0 Å². The Labute approximate surface area is 75.9 Å². The van der Waals surface area contributed by atoms with Gasteiger partial charge in [0.05, 0.1) is 0 Å². The summed E-state index contributed by atoms with van der Waals surface area (Å²) >= 11 is 0. The number of carbonyl (C=O) groups is 2. The fourth-order valence-electron chi connectivity index (χ4n) is 1.13. The van der Waals surface area contributed by atoms with Crippen molar-refractivity contribution in [1.82, 2.24) is 10.6 Å². The largest absolute Gasteiger partial charge is 0.465 e. The third-order valence-electron chi connectivity index (χ3n) is 1.52. The van der Waals surface area contributed by atoms with Crippen LogP contribution in [-0.4, -0.2) is 28.1 Å². The molecule has 6 nitrogen and oxygen atoms in total. The monoisotopic (exact) mass is 190 g/mol. The molecule has 0 atom stereocenters. The molecule has 0 spiro atoms. The number of rotatable bonds is 4. The molecule has 76 valence electrons. The van der Waals surface area contributed by atoms with Crippen LogP contribution in [0, 0.1) is 0 Å². The first-order chi connectivity index (χ1) is 5.89. The predicted molar refractivity (Wildman–Crippen MR) is 45.6 cm³/mol. The van der Waals surface area contributed by atoms with Crippen LogP contribution in [0.25, 0.3) is 0 Å². The number of hydrogen-bond acceptors (Lipinski definition) is 2. The first kappa shape index (κ1) is 11.5. The highest BCUT2D eigenvalue weighted by Gasteiger charge is 2.26. The number of amides is 2. The minimum atomic E-state index is -1.25. The third-order valence-corrected chi connectivity index (χ3v) is 1.52. The van der Waals surface area contributed by atoms with E-state index in [0.29, 0.717) is 12.8 Å². The van der Waals surface area contributed by atoms with E-state index >= 15 is 0 Å². The van der Waals surface area contributed by atoms with Crippen LogP contribution in [0.3, 0.4) is 0 Å². The minimum Gasteiger partial charge on any atom is -0.465 e. The van der Waals surface area contributed by atoms with E-state index in [1.54, 1.807) is 0 Å². The van der Waals surface area contributed by atoms with Crippen molar-refractivity contribution in [1.29, 1.82) is 0 Å². The van der Waals surface area contributed by atoms with Gasteiger partial charge in [-0.2, -0.15) is 0 Å². The second kappa shape index (κ2) is 4.54. The van der Waals surface area contributed by atoms with Crippen LogP contribution in [0.15, 0.2) is 0 Å². The Morgan fingerprint density at radius 3 is 1.85 bits per heavy atom. The molecular formula is C7H14N2O4. The molecule has 0 aromatic heterocycles. The first-order valence-electron chi connectivity index (χ1n) is 3.92. The second-order valence-corrected chi connectivity index (χ2v) is 2.94. The lowest BCUT2D eigenvalue weighted by atomic mass is 10.1. The highest BCUT2D eigenvalue weighted by atomic mass is 16.4. The van der Waals surface area contributed by atoms with Crippen LogP contribution < -0.4 is 10.6 Å². The first-order valence-corrected chi connectivity index (χ1v) is 3.92. The lowest BCUT2D eigenvalue weighted by Crippen LogP contribution is -2.57. The maximum Gasteiger partial charge on any atom is 0.406 e. The molecule has 0 aromatic rings. The van der Waals surface area contributed by atoms with Crippen LogP contribution in [0.1, 0.15) is 26.7 Å². The number of carboxylic acid groups (broad SMARTS) is 2. The Kier molecular flexibility index (Phi) is 4.03. The molecule has 0 saturated heterocycles. The minimum absolute atomic E-state index is 0.408. The smallest absolute Gasteiger partial charge is 0.406 e. The van der Waals surface area contributed by atoms with E-state index in [-0.39, 0.29) is 0 Å². The summed E-state index contributed by atoms with van der Waals surface area (Å²) in [6, 6.07) is 0. The molecular weight excluding hydrogens is 176 g/mol. The van der Waals surface area contributed by atoms with E-state index in [4.69, 9.17) is 10.2 Å². The zero-order chi connectivity index (χ0) is 10.5. The van der Waals surface area contributed by atoms with Gasteiger partial charge in [-0.15, -0.1) is 0 Å². The SMILES string of the molecule is CCCC(C)(NC(=O)O)NC(=O)O. The maximum atomic E-state index is 10.3. The van der Waals surface area contributed by atoms with E-state index in [0.717, 1.165) is 0 Å². The van der Waals surface area contributed by atoms with Gasteiger partial charge >= 0.3 is 12.2 Å². The normalized spacial score (nSPS) is 10.6. The Morgan fingerprint density at radius 2 is 1.62 bits per heavy atom. The van der Waals surface area contributed by atoms with E-state index < -0.39 is 17.8 Å². The summed E-state index contributed by atoms with van der Waals surface area (Å²) < 4.78 is 0. The molecule has 0 aliphatic heterocycles. The van der Waals surface area contributed by atoms with E-state index in [1.807, 2.05) is 6.92 Å². The van der Waals surface area contributed by atoms with Crippen molar-refractivity contribution in [3.63, 3.8) is 0 Å². The van der Waals surface area contributed by atoms with E-state index in [9.17, 15) is 9.59 Å². The lowest BCUT2D eigenvalue weighted by Gasteiger charge is -2.28. The Bertz CT molecular complexity index is 189. The Balaban J connectivity index is 4.32. The van der Waals surface area contributed by atoms with Crippen LogP contribution in [0.4, 0.5) is 9.59 Å². The summed E-state index contributed by atoms with van der Waals surface area (Å²) in [5.41, 5.74) is -1.10. The molecule has 6 heteroatoms. The molecule has 0 fully saturated rings. The van der Waals surface area contributed by atoms with Crippen LogP contribution in [0.5, 0.6) is 0 Å². The van der Waals surface area contributed by atoms with Gasteiger partial charge in [0.15, 0.2) is 0 Å². The van der Waals surface area contributed by atoms with Gasteiger partial charge in [-0.05, 0) is 13.3 Å². The van der Waals surface area contributed by atoms with Crippen molar-refractivity contribution < 1.29 is 19.8 Å². The Hall–Kier alpha value is -1.46. The van der Waals surface area contributed by atoms with Crippen molar-refractivity contribution in [2.24, 2.45) is 0 Å². The molecule has 0 heterocycles. The third kappa shape index (κ3) is 4.89. The van der Waals surface area contributed by atoms with Crippen molar-refractivity contribution >= 4 is 12.2 Å². The maximum absolute atomic E-state index is 10.3. The van der Waals surface area contributed by atoms with Crippen LogP contribution in [-0.2, 0) is 0 Å². The van der Waals surface area contributed by atoms with Crippen molar-refractivity contribution in [2.75, 3.05) is 0 Å².